The lowest BCUT2D eigenvalue weighted by Crippen LogP contribution is -2.36. The third-order valence-electron chi connectivity index (χ3n) is 5.31. The van der Waals surface area contributed by atoms with Gasteiger partial charge in [0.05, 0.1) is 42.5 Å². The van der Waals surface area contributed by atoms with Crippen LogP contribution in [0.2, 0.25) is 0 Å². The van der Waals surface area contributed by atoms with Crippen molar-refractivity contribution in [2.24, 2.45) is 5.18 Å². The molecule has 3 aromatic heterocycles. The summed E-state index contributed by atoms with van der Waals surface area (Å²) >= 11 is 0. The summed E-state index contributed by atoms with van der Waals surface area (Å²) in [7, 11) is 0. The predicted molar refractivity (Wildman–Crippen MR) is 120 cm³/mol. The highest BCUT2D eigenvalue weighted by atomic mass is 16.5. The Labute approximate surface area is 182 Å². The number of nitrogens with one attached hydrogen (secondary N) is 2. The Kier molecular flexibility index (Phi) is 5.26. The van der Waals surface area contributed by atoms with Crippen LogP contribution >= 0.6 is 0 Å². The lowest BCUT2D eigenvalue weighted by molar-refractivity contribution is 0.102. The molecule has 10 heteroatoms. The number of hydrogen-bond acceptors (Lipinski definition) is 8. The molecule has 32 heavy (non-hydrogen) atoms. The number of amides is 1. The maximum atomic E-state index is 12.8. The van der Waals surface area contributed by atoms with Crippen LogP contribution < -0.4 is 10.2 Å². The van der Waals surface area contributed by atoms with Gasteiger partial charge in [0, 0.05) is 30.2 Å². The van der Waals surface area contributed by atoms with E-state index in [1.165, 1.54) is 12.3 Å². The molecule has 1 saturated heterocycles. The average molecular weight is 429 g/mol. The molecule has 1 aromatic carbocycles. The molecule has 4 heterocycles. The third kappa shape index (κ3) is 3.91. The summed E-state index contributed by atoms with van der Waals surface area (Å²) < 4.78 is 5.43. The zero-order chi connectivity index (χ0) is 21.9. The first kappa shape index (κ1) is 19.8. The number of H-pyrrole nitrogens is 1. The van der Waals surface area contributed by atoms with Crippen LogP contribution in [0.15, 0.2) is 60.2 Å². The lowest BCUT2D eigenvalue weighted by Gasteiger charge is -2.28. The number of morpholine rings is 1. The van der Waals surface area contributed by atoms with Gasteiger partial charge in [-0.3, -0.25) is 14.9 Å². The Balaban J connectivity index is 1.43. The van der Waals surface area contributed by atoms with E-state index >= 15 is 0 Å². The van der Waals surface area contributed by atoms with Gasteiger partial charge in [0.15, 0.2) is 11.5 Å². The Morgan fingerprint density at radius 1 is 1.06 bits per heavy atom. The molecule has 5 rings (SSSR count). The van der Waals surface area contributed by atoms with Gasteiger partial charge >= 0.3 is 0 Å². The monoisotopic (exact) mass is 429 g/mol. The predicted octanol–water partition coefficient (Wildman–Crippen LogP) is 3.51. The first-order chi connectivity index (χ1) is 15.7. The van der Waals surface area contributed by atoms with Crippen molar-refractivity contribution < 1.29 is 9.53 Å². The number of hydrogen-bond donors (Lipinski definition) is 2. The molecule has 1 aliphatic heterocycles. The van der Waals surface area contributed by atoms with Crippen LogP contribution in [0.1, 0.15) is 10.5 Å². The molecule has 0 radical (unpaired) electrons. The van der Waals surface area contributed by atoms with Gasteiger partial charge in [-0.15, -0.1) is 4.91 Å². The number of aromatic amines is 1. The molecule has 0 unspecified atom stereocenters. The van der Waals surface area contributed by atoms with Crippen molar-refractivity contribution in [1.29, 1.82) is 0 Å². The van der Waals surface area contributed by atoms with E-state index in [4.69, 9.17) is 4.74 Å². The van der Waals surface area contributed by atoms with E-state index in [9.17, 15) is 9.70 Å². The second-order valence-electron chi connectivity index (χ2n) is 7.31. The van der Waals surface area contributed by atoms with Gasteiger partial charge in [0.1, 0.15) is 0 Å². The summed E-state index contributed by atoms with van der Waals surface area (Å²) in [5.41, 5.74) is 4.36. The number of benzene rings is 1. The molecule has 10 nitrogen and oxygen atoms in total. The molecule has 0 aliphatic carbocycles. The van der Waals surface area contributed by atoms with Crippen LogP contribution in [0.5, 0.6) is 0 Å². The number of pyridine rings is 2. The van der Waals surface area contributed by atoms with Gasteiger partial charge in [0.2, 0.25) is 0 Å². The number of carbonyl (C=O) groups is 1. The van der Waals surface area contributed by atoms with Gasteiger partial charge in [-0.05, 0) is 41.1 Å². The van der Waals surface area contributed by atoms with E-state index in [0.717, 1.165) is 35.4 Å². The molecule has 0 bridgehead atoms. The number of anilines is 2. The minimum absolute atomic E-state index is 0.0470. The maximum absolute atomic E-state index is 12.8. The summed E-state index contributed by atoms with van der Waals surface area (Å²) in [6.45, 7) is 3.06. The molecule has 2 N–H and O–H groups in total. The van der Waals surface area contributed by atoms with Crippen molar-refractivity contribution in [3.63, 3.8) is 0 Å². The highest BCUT2D eigenvalue weighted by Gasteiger charge is 2.17. The van der Waals surface area contributed by atoms with Gasteiger partial charge in [-0.1, -0.05) is 6.07 Å². The van der Waals surface area contributed by atoms with E-state index in [1.54, 1.807) is 12.3 Å². The van der Waals surface area contributed by atoms with Crippen molar-refractivity contribution in [2.75, 3.05) is 36.5 Å². The number of carbonyl (C=O) groups excluding carboxylic acids is 1. The molecule has 0 atom stereocenters. The highest BCUT2D eigenvalue weighted by molar-refractivity contribution is 6.11. The smallest absolute Gasteiger partial charge is 0.276 e. The summed E-state index contributed by atoms with van der Waals surface area (Å²) in [5, 5.41) is 13.3. The average Bonchev–Trinajstić information content (AvgIpc) is 3.29. The fraction of sp³-hybridized carbons (Fsp3) is 0.182. The maximum Gasteiger partial charge on any atom is 0.276 e. The first-order valence-corrected chi connectivity index (χ1v) is 10.1. The van der Waals surface area contributed by atoms with Crippen LogP contribution in [0.3, 0.4) is 0 Å². The van der Waals surface area contributed by atoms with E-state index in [2.05, 4.69) is 41.6 Å². The van der Waals surface area contributed by atoms with E-state index in [1.807, 2.05) is 24.4 Å². The first-order valence-electron chi connectivity index (χ1n) is 10.1. The van der Waals surface area contributed by atoms with Gasteiger partial charge in [0.25, 0.3) is 5.91 Å². The largest absolute Gasteiger partial charge is 0.378 e. The normalized spacial score (nSPS) is 13.8. The summed E-state index contributed by atoms with van der Waals surface area (Å²) in [4.78, 5) is 33.8. The topological polar surface area (TPSA) is 125 Å². The summed E-state index contributed by atoms with van der Waals surface area (Å²) in [6.07, 6.45) is 5.03. The highest BCUT2D eigenvalue weighted by Crippen LogP contribution is 2.28. The van der Waals surface area contributed by atoms with Gasteiger partial charge in [-0.2, -0.15) is 5.10 Å². The van der Waals surface area contributed by atoms with Crippen molar-refractivity contribution in [3.8, 4) is 11.1 Å². The number of ether oxygens (including phenoxy) is 1. The summed E-state index contributed by atoms with van der Waals surface area (Å²) in [6, 6.07) is 10.9. The van der Waals surface area contributed by atoms with Crippen molar-refractivity contribution in [1.82, 2.24) is 20.2 Å². The van der Waals surface area contributed by atoms with Gasteiger partial charge in [-0.25, -0.2) is 4.98 Å². The molecule has 0 spiro atoms. The molecule has 0 saturated carbocycles. The van der Waals surface area contributed by atoms with Crippen LogP contribution in [-0.2, 0) is 4.74 Å². The molecular formula is C22H19N7O3. The fourth-order valence-corrected chi connectivity index (χ4v) is 3.65. The molecule has 1 aliphatic rings. The summed E-state index contributed by atoms with van der Waals surface area (Å²) in [5.74, 6) is -0.340. The number of fused-ring (bicyclic) bond motifs is 1. The molecule has 160 valence electrons. The number of rotatable bonds is 5. The van der Waals surface area contributed by atoms with E-state index < -0.39 is 0 Å². The van der Waals surface area contributed by atoms with Crippen LogP contribution in [0.25, 0.3) is 22.0 Å². The Bertz CT molecular complexity index is 1280. The third-order valence-corrected chi connectivity index (χ3v) is 5.31. The van der Waals surface area contributed by atoms with E-state index in [0.29, 0.717) is 24.3 Å². The molecule has 1 amide bonds. The lowest BCUT2D eigenvalue weighted by atomic mass is 10.0. The quantitative estimate of drug-likeness (QED) is 0.465. The van der Waals surface area contributed by atoms with Crippen LogP contribution in [-0.4, -0.2) is 52.4 Å². The zero-order valence-electron chi connectivity index (χ0n) is 17.0. The molecule has 4 aromatic rings. The molecular weight excluding hydrogens is 410 g/mol. The molecule has 1 fully saturated rings. The number of aromatic nitrogens is 4. The Hall–Kier alpha value is -4.18. The van der Waals surface area contributed by atoms with E-state index in [-0.39, 0.29) is 17.4 Å². The zero-order valence-corrected chi connectivity index (χ0v) is 17.0. The van der Waals surface area contributed by atoms with Gasteiger partial charge < -0.3 is 15.0 Å². The standard InChI is InChI=1S/C22H19N7O3/c30-22(25-16-2-4-20(28-31)24-12-16)21-18-10-14(1-3-19(18)26-27-21)15-9-17(13-23-11-15)29-5-7-32-8-6-29/h1-4,9-13H,5-8H2,(H,25,30)(H,26,27). The fourth-order valence-electron chi connectivity index (χ4n) is 3.65. The number of nitroso groups, excluding NO2 is 1. The van der Waals surface area contributed by atoms with Crippen molar-refractivity contribution >= 4 is 34.0 Å². The second-order valence-corrected chi connectivity index (χ2v) is 7.31. The second kappa shape index (κ2) is 8.52. The SMILES string of the molecule is O=Nc1ccc(NC(=O)c2n[nH]c3ccc(-c4cncc(N5CCOCC5)c4)cc23)cn1. The van der Waals surface area contributed by atoms with Crippen molar-refractivity contribution in [3.05, 3.63) is 65.6 Å². The van der Waals surface area contributed by atoms with Crippen LogP contribution in [0.4, 0.5) is 17.2 Å². The Morgan fingerprint density at radius 3 is 2.72 bits per heavy atom. The van der Waals surface area contributed by atoms with Crippen molar-refractivity contribution in [2.45, 2.75) is 0 Å². The minimum Gasteiger partial charge on any atom is -0.378 e. The minimum atomic E-state index is -0.387. The van der Waals surface area contributed by atoms with Crippen LogP contribution in [0, 0.1) is 4.91 Å². The number of nitrogens with zero attached hydrogens (tertiary/aromatic N) is 5. The Morgan fingerprint density at radius 2 is 1.94 bits per heavy atom.